The number of amides is 1. The van der Waals surface area contributed by atoms with Crippen molar-refractivity contribution >= 4 is 18.5 Å². The molecule has 2 rings (SSSR count). The molecule has 0 spiro atoms. The molecule has 6 heteroatoms. The van der Waals surface area contributed by atoms with E-state index in [2.05, 4.69) is 10.3 Å². The molecule has 1 amide bonds. The van der Waals surface area contributed by atoms with Gasteiger partial charge in [-0.2, -0.15) is 0 Å². The number of hydrogen-bond donors (Lipinski definition) is 2. The molecule has 0 saturated carbocycles. The zero-order valence-electron chi connectivity index (χ0n) is 11.2. The first-order valence-corrected chi connectivity index (χ1v) is 6.18. The Kier molecular flexibility index (Phi) is 5.14. The van der Waals surface area contributed by atoms with Crippen LogP contribution in [0.1, 0.15) is 24.2 Å². The molecule has 0 aliphatic carbocycles. The monoisotopic (exact) mass is 285 g/mol. The normalized spacial score (nSPS) is 22.4. The number of carboxylic acid groups (broad SMARTS) is 1. The number of nitrogens with zero attached hydrogens (tertiary/aromatic N) is 2. The van der Waals surface area contributed by atoms with Gasteiger partial charge in [0.2, 0.25) is 0 Å². The Morgan fingerprint density at radius 2 is 2.26 bits per heavy atom. The maximum atomic E-state index is 11.3. The van der Waals surface area contributed by atoms with Gasteiger partial charge in [-0.25, -0.2) is 4.79 Å². The van der Waals surface area contributed by atoms with Crippen LogP contribution in [0.2, 0.25) is 0 Å². The summed E-state index contributed by atoms with van der Waals surface area (Å²) in [4.78, 5) is 17.2. The molecule has 1 aliphatic rings. The molecule has 0 aromatic carbocycles. The van der Waals surface area contributed by atoms with Crippen LogP contribution in [0, 0.1) is 6.92 Å². The van der Waals surface area contributed by atoms with E-state index in [9.17, 15) is 9.90 Å². The number of halogens is 1. The lowest BCUT2D eigenvalue weighted by atomic mass is 9.85. The van der Waals surface area contributed by atoms with Crippen LogP contribution in [0.4, 0.5) is 4.79 Å². The molecular formula is C13H20ClN3O2. The first kappa shape index (κ1) is 15.7. The van der Waals surface area contributed by atoms with Gasteiger partial charge in [0.1, 0.15) is 5.54 Å². The number of aryl methyl sites for hydroxylation is 1. The van der Waals surface area contributed by atoms with Gasteiger partial charge in [-0.05, 0) is 38.4 Å². The van der Waals surface area contributed by atoms with Crippen LogP contribution in [0.3, 0.4) is 0 Å². The molecule has 1 atom stereocenters. The van der Waals surface area contributed by atoms with E-state index in [1.165, 1.54) is 4.90 Å². The number of likely N-dealkylation sites (N-methyl/N-ethyl adjacent to an activating group) is 1. The van der Waals surface area contributed by atoms with Gasteiger partial charge < -0.3 is 10.4 Å². The fourth-order valence-electron chi connectivity index (χ4n) is 2.55. The standard InChI is InChI=1S/C13H19N3O2.ClH/c1-10-5-3-6-11(15-10)13(16(2)12(17)18)7-4-8-14-9-13;/h3,5-6,14H,4,7-9H2,1-2H3,(H,17,18);1H. The lowest BCUT2D eigenvalue weighted by molar-refractivity contribution is 0.0711. The number of carbonyl (C=O) groups is 1. The minimum absolute atomic E-state index is 0. The smallest absolute Gasteiger partial charge is 0.407 e. The van der Waals surface area contributed by atoms with Crippen LogP contribution in [-0.2, 0) is 5.54 Å². The molecule has 1 aromatic heterocycles. The van der Waals surface area contributed by atoms with Gasteiger partial charge in [0, 0.05) is 19.3 Å². The molecule has 0 radical (unpaired) electrons. The summed E-state index contributed by atoms with van der Waals surface area (Å²) < 4.78 is 0. The fraction of sp³-hybridized carbons (Fsp3) is 0.538. The van der Waals surface area contributed by atoms with Gasteiger partial charge in [0.05, 0.1) is 5.69 Å². The van der Waals surface area contributed by atoms with Gasteiger partial charge in [0.15, 0.2) is 0 Å². The van der Waals surface area contributed by atoms with Crippen molar-refractivity contribution in [2.24, 2.45) is 0 Å². The van der Waals surface area contributed by atoms with Crippen molar-refractivity contribution in [2.45, 2.75) is 25.3 Å². The highest BCUT2D eigenvalue weighted by atomic mass is 35.5. The van der Waals surface area contributed by atoms with Crippen molar-refractivity contribution in [3.8, 4) is 0 Å². The zero-order valence-corrected chi connectivity index (χ0v) is 12.0. The van der Waals surface area contributed by atoms with E-state index in [0.717, 1.165) is 30.8 Å². The first-order valence-electron chi connectivity index (χ1n) is 6.18. The Morgan fingerprint density at radius 3 is 2.79 bits per heavy atom. The summed E-state index contributed by atoms with van der Waals surface area (Å²) in [7, 11) is 1.62. The van der Waals surface area contributed by atoms with Crippen molar-refractivity contribution < 1.29 is 9.90 Å². The van der Waals surface area contributed by atoms with Crippen LogP contribution in [-0.4, -0.2) is 41.2 Å². The summed E-state index contributed by atoms with van der Waals surface area (Å²) in [6, 6.07) is 5.78. The maximum absolute atomic E-state index is 11.3. The largest absolute Gasteiger partial charge is 0.465 e. The quantitative estimate of drug-likeness (QED) is 0.872. The Labute approximate surface area is 119 Å². The lowest BCUT2D eigenvalue weighted by Gasteiger charge is -2.43. The van der Waals surface area contributed by atoms with E-state index in [1.54, 1.807) is 7.05 Å². The zero-order chi connectivity index (χ0) is 13.2. The third-order valence-electron chi connectivity index (χ3n) is 3.66. The number of rotatable bonds is 2. The third-order valence-corrected chi connectivity index (χ3v) is 3.66. The number of piperidine rings is 1. The molecule has 1 unspecified atom stereocenters. The van der Waals surface area contributed by atoms with E-state index >= 15 is 0 Å². The van der Waals surface area contributed by atoms with Gasteiger partial charge in [0.25, 0.3) is 0 Å². The second-order valence-electron chi connectivity index (χ2n) is 4.82. The SMILES string of the molecule is Cc1cccc(C2(N(C)C(=O)O)CCCNC2)n1.Cl. The summed E-state index contributed by atoms with van der Waals surface area (Å²) in [5, 5.41) is 12.6. The third kappa shape index (κ3) is 2.98. The summed E-state index contributed by atoms with van der Waals surface area (Å²) in [6.07, 6.45) is 0.842. The Morgan fingerprint density at radius 1 is 1.53 bits per heavy atom. The highest BCUT2D eigenvalue weighted by Crippen LogP contribution is 2.33. The Bertz CT molecular complexity index is 447. The topological polar surface area (TPSA) is 65.5 Å². The molecule has 5 nitrogen and oxygen atoms in total. The van der Waals surface area contributed by atoms with Crippen LogP contribution < -0.4 is 5.32 Å². The highest BCUT2D eigenvalue weighted by Gasteiger charge is 2.41. The molecular weight excluding hydrogens is 266 g/mol. The number of nitrogens with one attached hydrogen (secondary N) is 1. The van der Waals surface area contributed by atoms with Crippen molar-refractivity contribution in [3.63, 3.8) is 0 Å². The summed E-state index contributed by atoms with van der Waals surface area (Å²) in [6.45, 7) is 3.47. The molecule has 2 N–H and O–H groups in total. The van der Waals surface area contributed by atoms with Crippen molar-refractivity contribution in [3.05, 3.63) is 29.6 Å². The lowest BCUT2D eigenvalue weighted by Crippen LogP contribution is -2.56. The Balaban J connectivity index is 0.00000180. The number of hydrogen-bond acceptors (Lipinski definition) is 3. The van der Waals surface area contributed by atoms with Crippen LogP contribution in [0.15, 0.2) is 18.2 Å². The molecule has 2 heterocycles. The summed E-state index contributed by atoms with van der Waals surface area (Å²) in [5.74, 6) is 0. The molecule has 1 fully saturated rings. The van der Waals surface area contributed by atoms with Gasteiger partial charge in [-0.15, -0.1) is 12.4 Å². The fourth-order valence-corrected chi connectivity index (χ4v) is 2.55. The van der Waals surface area contributed by atoms with Crippen molar-refractivity contribution in [1.82, 2.24) is 15.2 Å². The molecule has 0 bridgehead atoms. The van der Waals surface area contributed by atoms with E-state index in [4.69, 9.17) is 0 Å². The van der Waals surface area contributed by atoms with E-state index < -0.39 is 11.6 Å². The predicted octanol–water partition coefficient (Wildman–Crippen LogP) is 2.00. The molecule has 1 aromatic rings. The number of pyridine rings is 1. The molecule has 19 heavy (non-hydrogen) atoms. The molecule has 1 aliphatic heterocycles. The minimum atomic E-state index is -0.915. The highest BCUT2D eigenvalue weighted by molar-refractivity contribution is 5.85. The first-order chi connectivity index (χ1) is 8.56. The van der Waals surface area contributed by atoms with E-state index in [-0.39, 0.29) is 12.4 Å². The van der Waals surface area contributed by atoms with Crippen LogP contribution in [0.25, 0.3) is 0 Å². The average molecular weight is 286 g/mol. The Hall–Kier alpha value is -1.33. The van der Waals surface area contributed by atoms with Crippen LogP contribution in [0.5, 0.6) is 0 Å². The summed E-state index contributed by atoms with van der Waals surface area (Å²) >= 11 is 0. The van der Waals surface area contributed by atoms with Crippen molar-refractivity contribution in [2.75, 3.05) is 20.1 Å². The molecule has 1 saturated heterocycles. The van der Waals surface area contributed by atoms with Crippen LogP contribution >= 0.6 is 12.4 Å². The van der Waals surface area contributed by atoms with E-state index in [0.29, 0.717) is 6.54 Å². The van der Waals surface area contributed by atoms with Gasteiger partial charge in [-0.1, -0.05) is 6.07 Å². The van der Waals surface area contributed by atoms with E-state index in [1.807, 2.05) is 25.1 Å². The maximum Gasteiger partial charge on any atom is 0.407 e. The number of aromatic nitrogens is 1. The molecule has 106 valence electrons. The average Bonchev–Trinajstić information content (AvgIpc) is 2.38. The van der Waals surface area contributed by atoms with Gasteiger partial charge in [-0.3, -0.25) is 9.88 Å². The van der Waals surface area contributed by atoms with Crippen molar-refractivity contribution in [1.29, 1.82) is 0 Å². The summed E-state index contributed by atoms with van der Waals surface area (Å²) in [5.41, 5.74) is 1.20. The predicted molar refractivity (Wildman–Crippen MR) is 75.8 cm³/mol. The second-order valence-corrected chi connectivity index (χ2v) is 4.82. The minimum Gasteiger partial charge on any atom is -0.465 e. The van der Waals surface area contributed by atoms with Gasteiger partial charge >= 0.3 is 6.09 Å². The second kappa shape index (κ2) is 6.21.